The summed E-state index contributed by atoms with van der Waals surface area (Å²) in [6, 6.07) is 1.75. The summed E-state index contributed by atoms with van der Waals surface area (Å²) >= 11 is 0. The summed E-state index contributed by atoms with van der Waals surface area (Å²) in [5.74, 6) is 0.357. The molecule has 0 aromatic carbocycles. The zero-order chi connectivity index (χ0) is 14.3. The van der Waals surface area contributed by atoms with Crippen LogP contribution >= 0.6 is 0 Å². The van der Waals surface area contributed by atoms with Gasteiger partial charge in [-0.15, -0.1) is 0 Å². The Labute approximate surface area is 114 Å². The number of aliphatic hydroxyl groups excluding tert-OH is 2. The first kappa shape index (κ1) is 13.3. The molecule has 3 heterocycles. The Morgan fingerprint density at radius 3 is 2.95 bits per heavy atom. The van der Waals surface area contributed by atoms with Crippen LogP contribution in [0.4, 0.5) is 5.82 Å². The van der Waals surface area contributed by atoms with Crippen LogP contribution in [-0.4, -0.2) is 56.8 Å². The zero-order valence-electron chi connectivity index (χ0n) is 10.9. The van der Waals surface area contributed by atoms with E-state index in [0.29, 0.717) is 16.9 Å². The molecule has 3 rings (SSSR count). The SMILES string of the molecule is COC[C@H]1O[C@@H](n2ccc3c(N)ncnc32)[C@H](O)[C@@H]1O. The molecule has 0 spiro atoms. The van der Waals surface area contributed by atoms with Crippen molar-refractivity contribution in [2.24, 2.45) is 0 Å². The molecule has 1 aliphatic heterocycles. The second kappa shape index (κ2) is 4.98. The first-order chi connectivity index (χ1) is 9.63. The maximum absolute atomic E-state index is 10.1. The minimum absolute atomic E-state index is 0.199. The van der Waals surface area contributed by atoms with Crippen molar-refractivity contribution in [3.63, 3.8) is 0 Å². The molecular weight excluding hydrogens is 264 g/mol. The topological polar surface area (TPSA) is 116 Å². The van der Waals surface area contributed by atoms with Crippen LogP contribution in [0.5, 0.6) is 0 Å². The smallest absolute Gasteiger partial charge is 0.164 e. The van der Waals surface area contributed by atoms with E-state index in [2.05, 4.69) is 9.97 Å². The maximum Gasteiger partial charge on any atom is 0.164 e. The molecule has 1 saturated heterocycles. The lowest BCUT2D eigenvalue weighted by molar-refractivity contribution is -0.0577. The lowest BCUT2D eigenvalue weighted by Gasteiger charge is -2.17. The lowest BCUT2D eigenvalue weighted by atomic mass is 10.1. The van der Waals surface area contributed by atoms with Gasteiger partial charge >= 0.3 is 0 Å². The van der Waals surface area contributed by atoms with Gasteiger partial charge in [-0.1, -0.05) is 0 Å². The average molecular weight is 280 g/mol. The summed E-state index contributed by atoms with van der Waals surface area (Å²) in [5, 5.41) is 20.8. The second-order valence-corrected chi connectivity index (χ2v) is 4.72. The predicted molar refractivity (Wildman–Crippen MR) is 69.7 cm³/mol. The number of nitrogens with zero attached hydrogens (tertiary/aromatic N) is 3. The Kier molecular flexibility index (Phi) is 3.30. The number of rotatable bonds is 3. The average Bonchev–Trinajstić information content (AvgIpc) is 2.97. The van der Waals surface area contributed by atoms with Gasteiger partial charge in [-0.3, -0.25) is 0 Å². The third-order valence-corrected chi connectivity index (χ3v) is 3.48. The van der Waals surface area contributed by atoms with Crippen molar-refractivity contribution in [1.82, 2.24) is 14.5 Å². The molecule has 4 atom stereocenters. The number of nitrogen functional groups attached to an aromatic ring is 1. The highest BCUT2D eigenvalue weighted by atomic mass is 16.6. The van der Waals surface area contributed by atoms with Crippen LogP contribution in [0.15, 0.2) is 18.6 Å². The minimum atomic E-state index is -1.07. The van der Waals surface area contributed by atoms with Gasteiger partial charge in [0.25, 0.3) is 0 Å². The third-order valence-electron chi connectivity index (χ3n) is 3.48. The second-order valence-electron chi connectivity index (χ2n) is 4.72. The monoisotopic (exact) mass is 280 g/mol. The van der Waals surface area contributed by atoms with Crippen molar-refractivity contribution in [3.05, 3.63) is 18.6 Å². The van der Waals surface area contributed by atoms with Gasteiger partial charge in [0.15, 0.2) is 6.23 Å². The van der Waals surface area contributed by atoms with E-state index in [4.69, 9.17) is 15.2 Å². The minimum Gasteiger partial charge on any atom is -0.387 e. The molecule has 8 heteroatoms. The van der Waals surface area contributed by atoms with Crippen molar-refractivity contribution in [1.29, 1.82) is 0 Å². The number of fused-ring (bicyclic) bond motifs is 1. The molecule has 2 aromatic heterocycles. The van der Waals surface area contributed by atoms with Crippen LogP contribution in [0.25, 0.3) is 11.0 Å². The van der Waals surface area contributed by atoms with E-state index in [1.165, 1.54) is 13.4 Å². The Morgan fingerprint density at radius 1 is 1.40 bits per heavy atom. The molecule has 1 fully saturated rings. The maximum atomic E-state index is 10.1. The molecule has 1 aliphatic rings. The molecule has 0 amide bonds. The van der Waals surface area contributed by atoms with Gasteiger partial charge in [0.2, 0.25) is 0 Å². The fraction of sp³-hybridized carbons (Fsp3) is 0.500. The quantitative estimate of drug-likeness (QED) is 0.679. The first-order valence-electron chi connectivity index (χ1n) is 6.21. The van der Waals surface area contributed by atoms with E-state index in [9.17, 15) is 10.2 Å². The summed E-state index contributed by atoms with van der Waals surface area (Å²) in [4.78, 5) is 8.05. The van der Waals surface area contributed by atoms with Crippen molar-refractivity contribution in [2.75, 3.05) is 19.5 Å². The number of nitrogens with two attached hydrogens (primary N) is 1. The zero-order valence-corrected chi connectivity index (χ0v) is 10.9. The van der Waals surface area contributed by atoms with Gasteiger partial charge in [-0.25, -0.2) is 9.97 Å². The number of hydrogen-bond donors (Lipinski definition) is 3. The van der Waals surface area contributed by atoms with Crippen LogP contribution in [0.3, 0.4) is 0 Å². The van der Waals surface area contributed by atoms with Gasteiger partial charge in [-0.05, 0) is 6.07 Å². The first-order valence-corrected chi connectivity index (χ1v) is 6.21. The Morgan fingerprint density at radius 2 is 2.20 bits per heavy atom. The van der Waals surface area contributed by atoms with Crippen molar-refractivity contribution < 1.29 is 19.7 Å². The molecular formula is C12H16N4O4. The Hall–Kier alpha value is -1.74. The van der Waals surface area contributed by atoms with Crippen molar-refractivity contribution >= 4 is 16.9 Å². The normalized spacial score (nSPS) is 30.1. The number of aromatic nitrogens is 3. The lowest BCUT2D eigenvalue weighted by Crippen LogP contribution is -2.33. The van der Waals surface area contributed by atoms with Crippen molar-refractivity contribution in [3.8, 4) is 0 Å². The molecule has 2 aromatic rings. The fourth-order valence-corrected chi connectivity index (χ4v) is 2.46. The summed E-state index contributed by atoms with van der Waals surface area (Å²) in [6.07, 6.45) is -0.364. The highest BCUT2D eigenvalue weighted by Gasteiger charge is 2.44. The molecule has 8 nitrogen and oxygen atoms in total. The summed E-state index contributed by atoms with van der Waals surface area (Å²) in [6.45, 7) is 0.199. The Bertz CT molecular complexity index is 617. The van der Waals surface area contributed by atoms with E-state index in [-0.39, 0.29) is 6.61 Å². The molecule has 0 saturated carbocycles. The molecule has 0 radical (unpaired) electrons. The highest BCUT2D eigenvalue weighted by Crippen LogP contribution is 2.32. The molecule has 20 heavy (non-hydrogen) atoms. The fourth-order valence-electron chi connectivity index (χ4n) is 2.46. The van der Waals surface area contributed by atoms with Gasteiger partial charge in [0.05, 0.1) is 12.0 Å². The van der Waals surface area contributed by atoms with Crippen molar-refractivity contribution in [2.45, 2.75) is 24.5 Å². The van der Waals surface area contributed by atoms with Gasteiger partial charge in [-0.2, -0.15) is 0 Å². The third kappa shape index (κ3) is 1.93. The molecule has 0 aliphatic carbocycles. The summed E-state index contributed by atoms with van der Waals surface area (Å²) < 4.78 is 12.3. The standard InChI is InChI=1S/C12H16N4O4/c1-19-4-7-8(17)9(18)12(20-7)16-3-2-6-10(13)14-5-15-11(6)16/h2-3,5,7-9,12,17-18H,4H2,1H3,(H2,13,14,15)/t7-,8-,9-,12-/m1/s1. The number of ether oxygens (including phenoxy) is 2. The van der Waals surface area contributed by atoms with Crippen LogP contribution in [0.1, 0.15) is 6.23 Å². The van der Waals surface area contributed by atoms with Crippen LogP contribution in [-0.2, 0) is 9.47 Å². The van der Waals surface area contributed by atoms with E-state index in [1.54, 1.807) is 16.8 Å². The molecule has 0 unspecified atom stereocenters. The summed E-state index contributed by atoms with van der Waals surface area (Å²) in [5.41, 5.74) is 6.32. The van der Waals surface area contributed by atoms with Crippen LogP contribution in [0, 0.1) is 0 Å². The summed E-state index contributed by atoms with van der Waals surface area (Å²) in [7, 11) is 1.51. The number of aliphatic hydroxyl groups is 2. The van der Waals surface area contributed by atoms with Crippen LogP contribution < -0.4 is 5.73 Å². The molecule has 4 N–H and O–H groups in total. The van der Waals surface area contributed by atoms with Gasteiger partial charge < -0.3 is 30.0 Å². The van der Waals surface area contributed by atoms with E-state index >= 15 is 0 Å². The van der Waals surface area contributed by atoms with E-state index < -0.39 is 24.5 Å². The Balaban J connectivity index is 1.97. The van der Waals surface area contributed by atoms with Gasteiger partial charge in [0, 0.05) is 13.3 Å². The molecule has 108 valence electrons. The largest absolute Gasteiger partial charge is 0.387 e. The number of methoxy groups -OCH3 is 1. The number of anilines is 1. The van der Waals surface area contributed by atoms with Gasteiger partial charge in [0.1, 0.15) is 36.1 Å². The van der Waals surface area contributed by atoms with E-state index in [1.807, 2.05) is 0 Å². The predicted octanol–water partition coefficient (Wildman–Crippen LogP) is -0.721. The van der Waals surface area contributed by atoms with Crippen LogP contribution in [0.2, 0.25) is 0 Å². The molecule has 0 bridgehead atoms. The highest BCUT2D eigenvalue weighted by molar-refractivity contribution is 5.86. The number of hydrogen-bond acceptors (Lipinski definition) is 7. The van der Waals surface area contributed by atoms with E-state index in [0.717, 1.165) is 0 Å².